The van der Waals surface area contributed by atoms with Gasteiger partial charge in [0.15, 0.2) is 0 Å². The molecule has 126 valence electrons. The Kier molecular flexibility index (Phi) is 4.74. The third kappa shape index (κ3) is 3.29. The zero-order chi connectivity index (χ0) is 16.7. The number of aliphatic hydroxyl groups excluding tert-OH is 2. The Bertz CT molecular complexity index is 717. The minimum atomic E-state index is -0.721. The maximum absolute atomic E-state index is 10.0. The first-order valence-electron chi connectivity index (χ1n) is 7.86. The van der Waals surface area contributed by atoms with Crippen molar-refractivity contribution < 1.29 is 10.2 Å². The second-order valence-electron chi connectivity index (χ2n) is 6.46. The topological polar surface area (TPSA) is 70.3 Å². The van der Waals surface area contributed by atoms with E-state index < -0.39 is 12.2 Å². The van der Waals surface area contributed by atoms with E-state index in [1.165, 1.54) is 0 Å². The number of aromatic nitrogens is 2. The van der Waals surface area contributed by atoms with Gasteiger partial charge < -0.3 is 20.1 Å². The molecule has 1 fully saturated rings. The minimum Gasteiger partial charge on any atom is -0.390 e. The van der Waals surface area contributed by atoms with Crippen molar-refractivity contribution >= 4 is 40.2 Å². The van der Waals surface area contributed by atoms with Crippen LogP contribution in [0.3, 0.4) is 0 Å². The Morgan fingerprint density at radius 2 is 1.87 bits per heavy atom. The fourth-order valence-electron chi connectivity index (χ4n) is 3.16. The predicted octanol–water partition coefficient (Wildman–Crippen LogP) is 3.61. The molecule has 0 bridgehead atoms. The summed E-state index contributed by atoms with van der Waals surface area (Å²) in [5, 5.41) is 24.1. The highest BCUT2D eigenvalue weighted by Gasteiger charge is 2.31. The van der Waals surface area contributed by atoms with Crippen LogP contribution in [-0.2, 0) is 0 Å². The van der Waals surface area contributed by atoms with E-state index in [9.17, 15) is 10.2 Å². The van der Waals surface area contributed by atoms with Gasteiger partial charge in [-0.05, 0) is 45.2 Å². The molecule has 5 nitrogen and oxygen atoms in total. The molecule has 23 heavy (non-hydrogen) atoms. The van der Waals surface area contributed by atoms with Gasteiger partial charge in [-0.25, -0.2) is 4.98 Å². The summed E-state index contributed by atoms with van der Waals surface area (Å²) in [6.07, 6.45) is 0.450. The lowest BCUT2D eigenvalue weighted by Gasteiger charge is -2.32. The molecule has 0 saturated heterocycles. The molecule has 0 aliphatic heterocycles. The summed E-state index contributed by atoms with van der Waals surface area (Å²) >= 11 is 12.3. The highest BCUT2D eigenvalue weighted by molar-refractivity contribution is 6.42. The van der Waals surface area contributed by atoms with Crippen molar-refractivity contribution in [3.05, 3.63) is 22.2 Å². The number of fused-ring (bicyclic) bond motifs is 1. The number of rotatable bonds is 3. The van der Waals surface area contributed by atoms with Crippen LogP contribution in [0.4, 0.5) is 5.95 Å². The molecule has 3 atom stereocenters. The predicted molar refractivity (Wildman–Crippen MR) is 93.4 cm³/mol. The van der Waals surface area contributed by atoms with E-state index in [0.29, 0.717) is 22.9 Å². The number of imidazole rings is 1. The van der Waals surface area contributed by atoms with Gasteiger partial charge in [-0.3, -0.25) is 0 Å². The summed E-state index contributed by atoms with van der Waals surface area (Å²) in [5.74, 6) is 0.738. The Morgan fingerprint density at radius 3 is 2.52 bits per heavy atom. The molecular formula is C16H21Cl2N3O2. The van der Waals surface area contributed by atoms with Crippen molar-refractivity contribution in [1.82, 2.24) is 9.55 Å². The zero-order valence-electron chi connectivity index (χ0n) is 13.1. The molecule has 0 radical (unpaired) electrons. The van der Waals surface area contributed by atoms with Crippen LogP contribution in [-0.4, -0.2) is 38.0 Å². The Morgan fingerprint density at radius 1 is 1.17 bits per heavy atom. The Balaban J connectivity index is 2.10. The standard InChI is InChI=1S/C16H21Cl2N3O2/c1-8(2)19-16-20-12-6-10(17)11(18)7-13(12)21(16)9-3-4-14(22)15(23)5-9/h6-9,14-15,22-23H,3-5H2,1-2H3,(H,19,20)/t9-,14+,15-/m1/s1. The quantitative estimate of drug-likeness (QED) is 0.784. The van der Waals surface area contributed by atoms with E-state index >= 15 is 0 Å². The monoisotopic (exact) mass is 357 g/mol. The van der Waals surface area contributed by atoms with E-state index in [0.717, 1.165) is 23.4 Å². The first-order chi connectivity index (χ1) is 10.9. The van der Waals surface area contributed by atoms with Gasteiger partial charge in [-0.2, -0.15) is 0 Å². The van der Waals surface area contributed by atoms with Gasteiger partial charge in [0.25, 0.3) is 0 Å². The van der Waals surface area contributed by atoms with E-state index in [-0.39, 0.29) is 12.1 Å². The summed E-state index contributed by atoms with van der Waals surface area (Å²) in [6, 6.07) is 3.84. The molecule has 3 rings (SSSR count). The van der Waals surface area contributed by atoms with Crippen LogP contribution < -0.4 is 5.32 Å². The molecule has 1 aromatic heterocycles. The van der Waals surface area contributed by atoms with Gasteiger partial charge in [0.1, 0.15) is 0 Å². The van der Waals surface area contributed by atoms with E-state index in [1.54, 1.807) is 6.07 Å². The lowest BCUT2D eigenvalue weighted by Crippen LogP contribution is -2.35. The lowest BCUT2D eigenvalue weighted by molar-refractivity contribution is -0.0223. The van der Waals surface area contributed by atoms with Crippen molar-refractivity contribution in [2.24, 2.45) is 0 Å². The van der Waals surface area contributed by atoms with Crippen LogP contribution in [0.25, 0.3) is 11.0 Å². The number of halogens is 2. The van der Waals surface area contributed by atoms with Gasteiger partial charge in [0, 0.05) is 12.1 Å². The molecular weight excluding hydrogens is 337 g/mol. The number of hydrogen-bond acceptors (Lipinski definition) is 4. The van der Waals surface area contributed by atoms with Crippen LogP contribution in [0.1, 0.15) is 39.2 Å². The summed E-state index contributed by atoms with van der Waals surface area (Å²) in [7, 11) is 0. The first kappa shape index (κ1) is 16.8. The number of nitrogens with one attached hydrogen (secondary N) is 1. The number of benzene rings is 1. The third-order valence-corrected chi connectivity index (χ3v) is 4.99. The molecule has 0 spiro atoms. The minimum absolute atomic E-state index is 0.0527. The molecule has 1 aliphatic rings. The average Bonchev–Trinajstić information content (AvgIpc) is 2.79. The number of hydrogen-bond donors (Lipinski definition) is 3. The zero-order valence-corrected chi connectivity index (χ0v) is 14.6. The fourth-order valence-corrected chi connectivity index (χ4v) is 3.48. The smallest absolute Gasteiger partial charge is 0.204 e. The third-order valence-electron chi connectivity index (χ3n) is 4.27. The molecule has 0 amide bonds. The van der Waals surface area contributed by atoms with Crippen LogP contribution in [0, 0.1) is 0 Å². The molecule has 2 aromatic rings. The van der Waals surface area contributed by atoms with Gasteiger partial charge in [0.2, 0.25) is 5.95 Å². The Hall–Kier alpha value is -1.01. The van der Waals surface area contributed by atoms with Crippen LogP contribution >= 0.6 is 23.2 Å². The van der Waals surface area contributed by atoms with Gasteiger partial charge in [0.05, 0.1) is 33.3 Å². The van der Waals surface area contributed by atoms with Gasteiger partial charge in [-0.1, -0.05) is 23.2 Å². The van der Waals surface area contributed by atoms with E-state index in [2.05, 4.69) is 14.9 Å². The maximum atomic E-state index is 10.0. The highest BCUT2D eigenvalue weighted by atomic mass is 35.5. The van der Waals surface area contributed by atoms with Crippen LogP contribution in [0.5, 0.6) is 0 Å². The first-order valence-corrected chi connectivity index (χ1v) is 8.62. The molecule has 1 aliphatic carbocycles. The van der Waals surface area contributed by atoms with Crippen molar-refractivity contribution in [2.45, 2.75) is 57.4 Å². The van der Waals surface area contributed by atoms with E-state index in [4.69, 9.17) is 23.2 Å². The van der Waals surface area contributed by atoms with E-state index in [1.807, 2.05) is 19.9 Å². The van der Waals surface area contributed by atoms with Crippen molar-refractivity contribution in [2.75, 3.05) is 5.32 Å². The van der Waals surface area contributed by atoms with Gasteiger partial charge >= 0.3 is 0 Å². The normalized spacial score (nSPS) is 25.3. The number of nitrogens with zero attached hydrogens (tertiary/aromatic N) is 2. The molecule has 1 aromatic carbocycles. The maximum Gasteiger partial charge on any atom is 0.204 e. The van der Waals surface area contributed by atoms with Crippen LogP contribution in [0.15, 0.2) is 12.1 Å². The SMILES string of the molecule is CC(C)Nc1nc2cc(Cl)c(Cl)cc2n1[C@@H]1CC[C@H](O)[C@H](O)C1. The lowest BCUT2D eigenvalue weighted by atomic mass is 9.90. The molecule has 3 N–H and O–H groups in total. The van der Waals surface area contributed by atoms with Crippen molar-refractivity contribution in [3.8, 4) is 0 Å². The van der Waals surface area contributed by atoms with Gasteiger partial charge in [-0.15, -0.1) is 0 Å². The molecule has 1 heterocycles. The van der Waals surface area contributed by atoms with Crippen LogP contribution in [0.2, 0.25) is 10.0 Å². The number of aliphatic hydroxyl groups is 2. The summed E-state index contributed by atoms with van der Waals surface area (Å²) in [6.45, 7) is 4.09. The second-order valence-corrected chi connectivity index (χ2v) is 7.28. The van der Waals surface area contributed by atoms with Crippen molar-refractivity contribution in [1.29, 1.82) is 0 Å². The summed E-state index contributed by atoms with van der Waals surface area (Å²) < 4.78 is 2.08. The molecule has 0 unspecified atom stereocenters. The Labute approximate surface area is 145 Å². The average molecular weight is 358 g/mol. The summed E-state index contributed by atoms with van der Waals surface area (Å²) in [5.41, 5.74) is 1.65. The molecule has 7 heteroatoms. The van der Waals surface area contributed by atoms with Crippen molar-refractivity contribution in [3.63, 3.8) is 0 Å². The summed E-state index contributed by atoms with van der Waals surface area (Å²) in [4.78, 5) is 4.64. The highest BCUT2D eigenvalue weighted by Crippen LogP contribution is 2.37. The molecule has 1 saturated carbocycles. The second kappa shape index (κ2) is 6.48. The largest absolute Gasteiger partial charge is 0.390 e. The fraction of sp³-hybridized carbons (Fsp3) is 0.562. The number of anilines is 1.